The molecule has 1 heteroatoms. The van der Waals surface area contributed by atoms with Crippen molar-refractivity contribution in [1.82, 2.24) is 0 Å². The van der Waals surface area contributed by atoms with Crippen LogP contribution in [-0.2, 0) is 0 Å². The first kappa shape index (κ1) is 10.3. The standard InChI is InChI=1S/C12H20N/c1-5-7-11-9-10-13(3,4)12(11)8-6-2/h6-8H,2,5,9-10H2,1,3-4H3/q+1. The fourth-order valence-corrected chi connectivity index (χ4v) is 1.91. The summed E-state index contributed by atoms with van der Waals surface area (Å²) in [6.45, 7) is 7.18. The summed E-state index contributed by atoms with van der Waals surface area (Å²) < 4.78 is 0.998. The second kappa shape index (κ2) is 3.93. The van der Waals surface area contributed by atoms with Gasteiger partial charge in [0.2, 0.25) is 0 Å². The van der Waals surface area contributed by atoms with Crippen LogP contribution in [0.1, 0.15) is 19.8 Å². The van der Waals surface area contributed by atoms with Gasteiger partial charge in [0.15, 0.2) is 0 Å². The zero-order chi connectivity index (χ0) is 9.90. The van der Waals surface area contributed by atoms with Crippen molar-refractivity contribution in [3.05, 3.63) is 36.1 Å². The number of nitrogens with zero attached hydrogens (tertiary/aromatic N) is 1. The predicted molar refractivity (Wildman–Crippen MR) is 58.2 cm³/mol. The van der Waals surface area contributed by atoms with Crippen LogP contribution in [0.5, 0.6) is 0 Å². The molecule has 0 radical (unpaired) electrons. The molecule has 1 aliphatic heterocycles. The second-order valence-electron chi connectivity index (χ2n) is 4.08. The van der Waals surface area contributed by atoms with E-state index in [1.807, 2.05) is 6.08 Å². The van der Waals surface area contributed by atoms with Crippen molar-refractivity contribution in [2.24, 2.45) is 0 Å². The molecule has 72 valence electrons. The highest BCUT2D eigenvalue weighted by atomic mass is 15.3. The summed E-state index contributed by atoms with van der Waals surface area (Å²) in [7, 11) is 4.51. The molecule has 0 unspecified atom stereocenters. The first-order chi connectivity index (χ1) is 6.11. The maximum Gasteiger partial charge on any atom is 0.135 e. The zero-order valence-electron chi connectivity index (χ0n) is 9.01. The SMILES string of the molecule is C=CC=C1C(=CCC)CC[N+]1(C)C. The molecule has 0 spiro atoms. The van der Waals surface area contributed by atoms with Gasteiger partial charge in [-0.05, 0) is 12.5 Å². The minimum absolute atomic E-state index is 0.998. The van der Waals surface area contributed by atoms with Crippen LogP contribution in [0, 0.1) is 0 Å². The van der Waals surface area contributed by atoms with E-state index in [0.29, 0.717) is 0 Å². The topological polar surface area (TPSA) is 0 Å². The Morgan fingerprint density at radius 3 is 2.69 bits per heavy atom. The molecule has 0 bridgehead atoms. The monoisotopic (exact) mass is 178 g/mol. The molecule has 0 aromatic carbocycles. The molecule has 13 heavy (non-hydrogen) atoms. The molecule has 0 aromatic heterocycles. The van der Waals surface area contributed by atoms with Crippen molar-refractivity contribution < 1.29 is 4.48 Å². The Balaban J connectivity index is 2.99. The van der Waals surface area contributed by atoms with E-state index in [2.05, 4.69) is 39.8 Å². The van der Waals surface area contributed by atoms with Crippen molar-refractivity contribution in [3.8, 4) is 0 Å². The van der Waals surface area contributed by atoms with Gasteiger partial charge in [0, 0.05) is 12.0 Å². The van der Waals surface area contributed by atoms with Crippen LogP contribution in [0.2, 0.25) is 0 Å². The summed E-state index contributed by atoms with van der Waals surface area (Å²) in [6.07, 6.45) is 8.71. The summed E-state index contributed by atoms with van der Waals surface area (Å²) in [5.41, 5.74) is 2.93. The van der Waals surface area contributed by atoms with Crippen molar-refractivity contribution in [3.63, 3.8) is 0 Å². The molecule has 1 nitrogen and oxygen atoms in total. The lowest BCUT2D eigenvalue weighted by Crippen LogP contribution is -2.33. The average molecular weight is 178 g/mol. The number of allylic oxidation sites excluding steroid dienone is 4. The Bertz CT molecular complexity index is 256. The molecule has 0 saturated carbocycles. The summed E-state index contributed by atoms with van der Waals surface area (Å²) >= 11 is 0. The first-order valence-electron chi connectivity index (χ1n) is 4.97. The Morgan fingerprint density at radius 1 is 1.46 bits per heavy atom. The average Bonchev–Trinajstić information content (AvgIpc) is 2.33. The van der Waals surface area contributed by atoms with Gasteiger partial charge in [-0.1, -0.05) is 25.7 Å². The van der Waals surface area contributed by atoms with Crippen molar-refractivity contribution in [2.45, 2.75) is 19.8 Å². The van der Waals surface area contributed by atoms with Crippen LogP contribution >= 0.6 is 0 Å². The van der Waals surface area contributed by atoms with E-state index in [-0.39, 0.29) is 0 Å². The fraction of sp³-hybridized carbons (Fsp3) is 0.500. The van der Waals surface area contributed by atoms with Crippen molar-refractivity contribution in [2.75, 3.05) is 20.6 Å². The van der Waals surface area contributed by atoms with Gasteiger partial charge in [0.05, 0.1) is 20.6 Å². The molecule has 0 amide bonds. The Hall–Kier alpha value is -0.820. The highest BCUT2D eigenvalue weighted by Crippen LogP contribution is 2.31. The summed E-state index contributed by atoms with van der Waals surface area (Å²) in [4.78, 5) is 0. The van der Waals surface area contributed by atoms with Crippen LogP contribution in [0.4, 0.5) is 0 Å². The lowest BCUT2D eigenvalue weighted by molar-refractivity contribution is -0.841. The third kappa shape index (κ3) is 2.10. The Morgan fingerprint density at radius 2 is 2.15 bits per heavy atom. The zero-order valence-corrected chi connectivity index (χ0v) is 9.01. The summed E-state index contributed by atoms with van der Waals surface area (Å²) in [5, 5.41) is 0. The Kier molecular flexibility index (Phi) is 3.10. The number of quaternary nitrogens is 1. The van der Waals surface area contributed by atoms with Crippen molar-refractivity contribution >= 4 is 0 Å². The lowest BCUT2D eigenvalue weighted by Gasteiger charge is -2.24. The smallest absolute Gasteiger partial charge is 0.135 e. The van der Waals surface area contributed by atoms with Gasteiger partial charge in [0.25, 0.3) is 0 Å². The van der Waals surface area contributed by atoms with E-state index in [9.17, 15) is 0 Å². The van der Waals surface area contributed by atoms with Crippen LogP contribution in [0.3, 0.4) is 0 Å². The molecule has 1 rings (SSSR count). The number of likely N-dealkylation sites (N-methyl/N-ethyl adjacent to an activating group) is 1. The van der Waals surface area contributed by atoms with E-state index in [1.54, 1.807) is 0 Å². The molecule has 1 aliphatic rings. The molecule has 1 saturated heterocycles. The molecule has 0 atom stereocenters. The van der Waals surface area contributed by atoms with Gasteiger partial charge in [-0.3, -0.25) is 4.48 Å². The van der Waals surface area contributed by atoms with E-state index in [0.717, 1.165) is 10.9 Å². The number of rotatable bonds is 2. The van der Waals surface area contributed by atoms with Gasteiger partial charge >= 0.3 is 0 Å². The molecule has 0 aliphatic carbocycles. The predicted octanol–water partition coefficient (Wildman–Crippen LogP) is 2.87. The summed E-state index contributed by atoms with van der Waals surface area (Å²) in [5.74, 6) is 0. The van der Waals surface area contributed by atoms with Gasteiger partial charge in [0.1, 0.15) is 5.70 Å². The second-order valence-corrected chi connectivity index (χ2v) is 4.08. The van der Waals surface area contributed by atoms with Crippen LogP contribution in [0.25, 0.3) is 0 Å². The fourth-order valence-electron chi connectivity index (χ4n) is 1.91. The van der Waals surface area contributed by atoms with Gasteiger partial charge in [-0.2, -0.15) is 0 Å². The maximum atomic E-state index is 3.77. The van der Waals surface area contributed by atoms with Crippen LogP contribution in [0.15, 0.2) is 36.1 Å². The Labute approximate surface area is 81.6 Å². The van der Waals surface area contributed by atoms with Gasteiger partial charge in [-0.15, -0.1) is 0 Å². The summed E-state index contributed by atoms with van der Waals surface area (Å²) in [6, 6.07) is 0. The van der Waals surface area contributed by atoms with E-state index < -0.39 is 0 Å². The normalized spacial score (nSPS) is 27.0. The van der Waals surface area contributed by atoms with Crippen molar-refractivity contribution in [1.29, 1.82) is 0 Å². The van der Waals surface area contributed by atoms with Crippen LogP contribution < -0.4 is 0 Å². The largest absolute Gasteiger partial charge is 0.295 e. The minimum Gasteiger partial charge on any atom is -0.295 e. The van der Waals surface area contributed by atoms with Gasteiger partial charge < -0.3 is 0 Å². The minimum atomic E-state index is 0.998. The lowest BCUT2D eigenvalue weighted by atomic mass is 10.1. The number of hydrogen-bond acceptors (Lipinski definition) is 0. The highest BCUT2D eigenvalue weighted by molar-refractivity contribution is 5.31. The van der Waals surface area contributed by atoms with Gasteiger partial charge in [-0.25, -0.2) is 0 Å². The first-order valence-corrected chi connectivity index (χ1v) is 4.97. The number of likely N-dealkylation sites (tertiary alicyclic amines) is 1. The van der Waals surface area contributed by atoms with E-state index in [4.69, 9.17) is 0 Å². The highest BCUT2D eigenvalue weighted by Gasteiger charge is 2.31. The molecule has 0 aromatic rings. The molecular weight excluding hydrogens is 158 g/mol. The maximum absolute atomic E-state index is 3.77. The molecule has 1 fully saturated rings. The third-order valence-electron chi connectivity index (χ3n) is 2.65. The quantitative estimate of drug-likeness (QED) is 0.570. The molecule has 1 heterocycles. The van der Waals surface area contributed by atoms with E-state index >= 15 is 0 Å². The third-order valence-corrected chi connectivity index (χ3v) is 2.65. The molecular formula is C12H20N+. The molecule has 0 N–H and O–H groups in total. The number of hydrogen-bond donors (Lipinski definition) is 0. The van der Waals surface area contributed by atoms with Crippen LogP contribution in [-0.4, -0.2) is 25.1 Å². The van der Waals surface area contributed by atoms with E-state index in [1.165, 1.54) is 24.2 Å².